The van der Waals surface area contributed by atoms with Crippen molar-refractivity contribution in [1.82, 2.24) is 0 Å². The molecule has 0 radical (unpaired) electrons. The molecule has 3 nitrogen and oxygen atoms in total. The van der Waals surface area contributed by atoms with Crippen molar-refractivity contribution in [1.29, 1.82) is 0 Å². The molecule has 92 valence electrons. The van der Waals surface area contributed by atoms with Crippen molar-refractivity contribution < 1.29 is 4.79 Å². The van der Waals surface area contributed by atoms with Crippen LogP contribution in [-0.2, 0) is 4.79 Å². The van der Waals surface area contributed by atoms with E-state index in [0.717, 1.165) is 30.5 Å². The number of carbonyl (C=O) groups excluding carboxylic acids is 1. The molecule has 1 fully saturated rings. The van der Waals surface area contributed by atoms with E-state index in [1.807, 2.05) is 26.0 Å². The second-order valence-corrected chi connectivity index (χ2v) is 5.01. The van der Waals surface area contributed by atoms with E-state index < -0.39 is 0 Å². The lowest BCUT2D eigenvalue weighted by Crippen LogP contribution is -2.34. The van der Waals surface area contributed by atoms with Crippen LogP contribution in [0.25, 0.3) is 0 Å². The molecule has 2 rings (SSSR count). The van der Waals surface area contributed by atoms with Gasteiger partial charge in [0.1, 0.15) is 0 Å². The highest BCUT2D eigenvalue weighted by Crippen LogP contribution is 2.26. The number of nitrogens with one attached hydrogen (secondary N) is 1. The van der Waals surface area contributed by atoms with Gasteiger partial charge in [-0.15, -0.1) is 0 Å². The summed E-state index contributed by atoms with van der Waals surface area (Å²) in [7, 11) is 0. The van der Waals surface area contributed by atoms with E-state index in [0.29, 0.717) is 0 Å². The zero-order valence-corrected chi connectivity index (χ0v) is 10.5. The molecular formula is C14H20N2O. The van der Waals surface area contributed by atoms with Crippen molar-refractivity contribution >= 4 is 11.6 Å². The van der Waals surface area contributed by atoms with Crippen LogP contribution in [0.2, 0.25) is 0 Å². The molecule has 0 bridgehead atoms. The Hall–Kier alpha value is -1.35. The molecular weight excluding hydrogens is 212 g/mol. The molecule has 0 saturated heterocycles. The molecule has 1 aliphatic carbocycles. The molecule has 0 aliphatic heterocycles. The molecule has 3 N–H and O–H groups in total. The summed E-state index contributed by atoms with van der Waals surface area (Å²) in [5.74, 6) is 0.0534. The Morgan fingerprint density at radius 3 is 2.71 bits per heavy atom. The highest BCUT2D eigenvalue weighted by Gasteiger charge is 2.30. The van der Waals surface area contributed by atoms with Crippen LogP contribution in [0.3, 0.4) is 0 Å². The highest BCUT2D eigenvalue weighted by atomic mass is 16.1. The van der Waals surface area contributed by atoms with Gasteiger partial charge < -0.3 is 11.1 Å². The summed E-state index contributed by atoms with van der Waals surface area (Å²) in [4.78, 5) is 12.1. The Bertz CT molecular complexity index is 428. The van der Waals surface area contributed by atoms with Crippen LogP contribution in [0.5, 0.6) is 0 Å². The summed E-state index contributed by atoms with van der Waals surface area (Å²) < 4.78 is 0. The van der Waals surface area contributed by atoms with Crippen LogP contribution in [0.4, 0.5) is 5.69 Å². The number of carbonyl (C=O) groups is 1. The number of hydrogen-bond donors (Lipinski definition) is 2. The number of amides is 1. The van der Waals surface area contributed by atoms with Gasteiger partial charge in [0.2, 0.25) is 5.91 Å². The van der Waals surface area contributed by atoms with E-state index >= 15 is 0 Å². The Morgan fingerprint density at radius 2 is 2.12 bits per heavy atom. The Labute approximate surface area is 102 Å². The van der Waals surface area contributed by atoms with Gasteiger partial charge in [-0.05, 0) is 38.3 Å². The van der Waals surface area contributed by atoms with E-state index in [2.05, 4.69) is 11.4 Å². The second-order valence-electron chi connectivity index (χ2n) is 5.01. The fourth-order valence-corrected chi connectivity index (χ4v) is 2.49. The Morgan fingerprint density at radius 1 is 1.35 bits per heavy atom. The van der Waals surface area contributed by atoms with Crippen molar-refractivity contribution in [2.75, 3.05) is 5.32 Å². The van der Waals surface area contributed by atoms with Gasteiger partial charge in [-0.25, -0.2) is 0 Å². The highest BCUT2D eigenvalue weighted by molar-refractivity contribution is 5.93. The average molecular weight is 232 g/mol. The number of hydrogen-bond acceptors (Lipinski definition) is 2. The summed E-state index contributed by atoms with van der Waals surface area (Å²) in [6.45, 7) is 4.06. The van der Waals surface area contributed by atoms with Crippen molar-refractivity contribution in [2.24, 2.45) is 11.7 Å². The predicted octanol–water partition coefficient (Wildman–Crippen LogP) is 2.37. The normalized spacial score (nSPS) is 23.7. The number of benzene rings is 1. The molecule has 0 aromatic heterocycles. The summed E-state index contributed by atoms with van der Waals surface area (Å²) in [6, 6.07) is 6.07. The van der Waals surface area contributed by atoms with Gasteiger partial charge in [-0.3, -0.25) is 4.79 Å². The first-order chi connectivity index (χ1) is 8.08. The maximum atomic E-state index is 12.1. The zero-order chi connectivity index (χ0) is 12.4. The van der Waals surface area contributed by atoms with Crippen LogP contribution < -0.4 is 11.1 Å². The molecule has 1 aromatic rings. The smallest absolute Gasteiger partial charge is 0.229 e. The van der Waals surface area contributed by atoms with Gasteiger partial charge in [0.15, 0.2) is 0 Å². The largest absolute Gasteiger partial charge is 0.327 e. The van der Waals surface area contributed by atoms with Crippen molar-refractivity contribution in [3.05, 3.63) is 29.3 Å². The summed E-state index contributed by atoms with van der Waals surface area (Å²) in [5.41, 5.74) is 9.15. The number of nitrogens with two attached hydrogens (primary N) is 1. The second kappa shape index (κ2) is 4.88. The topological polar surface area (TPSA) is 55.1 Å². The minimum Gasteiger partial charge on any atom is -0.327 e. The number of rotatable bonds is 2. The lowest BCUT2D eigenvalue weighted by molar-refractivity contribution is -0.120. The molecule has 17 heavy (non-hydrogen) atoms. The van der Waals surface area contributed by atoms with Gasteiger partial charge >= 0.3 is 0 Å². The molecule has 1 aliphatic rings. The molecule has 0 spiro atoms. The summed E-state index contributed by atoms with van der Waals surface area (Å²) >= 11 is 0. The van der Waals surface area contributed by atoms with Crippen LogP contribution in [0, 0.1) is 19.8 Å². The van der Waals surface area contributed by atoms with Crippen LogP contribution >= 0.6 is 0 Å². The monoisotopic (exact) mass is 232 g/mol. The lowest BCUT2D eigenvalue weighted by atomic mass is 10.0. The fourth-order valence-electron chi connectivity index (χ4n) is 2.49. The first kappa shape index (κ1) is 12.1. The Balaban J connectivity index is 2.07. The van der Waals surface area contributed by atoms with Gasteiger partial charge in [0.05, 0.1) is 5.92 Å². The predicted molar refractivity (Wildman–Crippen MR) is 69.9 cm³/mol. The fraction of sp³-hybridized carbons (Fsp3) is 0.500. The van der Waals surface area contributed by atoms with Crippen LogP contribution in [-0.4, -0.2) is 11.9 Å². The summed E-state index contributed by atoms with van der Waals surface area (Å²) in [6.07, 6.45) is 2.94. The quantitative estimate of drug-likeness (QED) is 0.822. The molecule has 1 amide bonds. The minimum absolute atomic E-state index is 0.0179. The zero-order valence-electron chi connectivity index (χ0n) is 10.5. The molecule has 0 heterocycles. The molecule has 2 unspecified atom stereocenters. The van der Waals surface area contributed by atoms with Crippen molar-refractivity contribution in [2.45, 2.75) is 39.2 Å². The third-order valence-electron chi connectivity index (χ3n) is 3.55. The third-order valence-corrected chi connectivity index (χ3v) is 3.55. The third kappa shape index (κ3) is 2.67. The van der Waals surface area contributed by atoms with Gasteiger partial charge in [-0.2, -0.15) is 0 Å². The van der Waals surface area contributed by atoms with Crippen molar-refractivity contribution in [3.63, 3.8) is 0 Å². The van der Waals surface area contributed by atoms with Crippen LogP contribution in [0.15, 0.2) is 18.2 Å². The SMILES string of the molecule is Cc1ccc(NC(=O)C2CCCC2N)c(C)c1. The summed E-state index contributed by atoms with van der Waals surface area (Å²) in [5, 5.41) is 2.99. The first-order valence-corrected chi connectivity index (χ1v) is 6.21. The number of aryl methyl sites for hydroxylation is 2. The van der Waals surface area contributed by atoms with Gasteiger partial charge in [0.25, 0.3) is 0 Å². The first-order valence-electron chi connectivity index (χ1n) is 6.21. The lowest BCUT2D eigenvalue weighted by Gasteiger charge is -2.16. The van der Waals surface area contributed by atoms with Crippen molar-refractivity contribution in [3.8, 4) is 0 Å². The van der Waals surface area contributed by atoms with Gasteiger partial charge in [0, 0.05) is 11.7 Å². The molecule has 1 saturated carbocycles. The molecule has 2 atom stereocenters. The molecule has 1 aromatic carbocycles. The maximum Gasteiger partial charge on any atom is 0.229 e. The minimum atomic E-state index is -0.0179. The van der Waals surface area contributed by atoms with Crippen LogP contribution in [0.1, 0.15) is 30.4 Å². The van der Waals surface area contributed by atoms with E-state index in [-0.39, 0.29) is 17.9 Å². The van der Waals surface area contributed by atoms with Gasteiger partial charge in [-0.1, -0.05) is 24.1 Å². The standard InChI is InChI=1S/C14H20N2O/c1-9-6-7-13(10(2)8-9)16-14(17)11-4-3-5-12(11)15/h6-8,11-12H,3-5,15H2,1-2H3,(H,16,17). The van der Waals surface area contributed by atoms with E-state index in [1.54, 1.807) is 0 Å². The van der Waals surface area contributed by atoms with E-state index in [4.69, 9.17) is 5.73 Å². The van der Waals surface area contributed by atoms with E-state index in [1.165, 1.54) is 5.56 Å². The van der Waals surface area contributed by atoms with E-state index in [9.17, 15) is 4.79 Å². The Kier molecular flexibility index (Phi) is 3.48. The maximum absolute atomic E-state index is 12.1. The average Bonchev–Trinajstić information content (AvgIpc) is 2.68. The number of anilines is 1. The molecule has 3 heteroatoms.